The Morgan fingerprint density at radius 1 is 1.32 bits per heavy atom. The first-order chi connectivity index (χ1) is 8.96. The lowest BCUT2D eigenvalue weighted by molar-refractivity contribution is 0.0347. The van der Waals surface area contributed by atoms with Crippen LogP contribution in [0.2, 0.25) is 0 Å². The molecule has 0 aromatic carbocycles. The Labute approximate surface area is 120 Å². The van der Waals surface area contributed by atoms with Crippen molar-refractivity contribution in [1.29, 1.82) is 0 Å². The molecule has 1 saturated carbocycles. The number of hydrazine groups is 1. The molecule has 3 nitrogen and oxygen atoms in total. The zero-order valence-electron chi connectivity index (χ0n) is 13.7. The van der Waals surface area contributed by atoms with Gasteiger partial charge in [-0.05, 0) is 58.0 Å². The Kier molecular flexibility index (Phi) is 6.78. The van der Waals surface area contributed by atoms with E-state index in [0.29, 0.717) is 6.04 Å². The Bertz CT molecular complexity index is 244. The average Bonchev–Trinajstić information content (AvgIpc) is 2.37. The van der Waals surface area contributed by atoms with Crippen molar-refractivity contribution in [2.24, 2.45) is 17.7 Å². The molecule has 3 N–H and O–H groups in total. The summed E-state index contributed by atoms with van der Waals surface area (Å²) in [4.78, 5) is 2.43. The van der Waals surface area contributed by atoms with E-state index >= 15 is 0 Å². The van der Waals surface area contributed by atoms with Crippen LogP contribution in [0.3, 0.4) is 0 Å². The molecule has 0 aromatic heterocycles. The van der Waals surface area contributed by atoms with Gasteiger partial charge in [0, 0.05) is 11.6 Å². The van der Waals surface area contributed by atoms with Crippen molar-refractivity contribution in [3.63, 3.8) is 0 Å². The summed E-state index contributed by atoms with van der Waals surface area (Å²) in [5, 5.41) is 0. The van der Waals surface area contributed by atoms with Gasteiger partial charge in [0.15, 0.2) is 0 Å². The lowest BCUT2D eigenvalue weighted by Gasteiger charge is -2.50. The van der Waals surface area contributed by atoms with Crippen molar-refractivity contribution < 1.29 is 0 Å². The summed E-state index contributed by atoms with van der Waals surface area (Å²) in [6, 6.07) is 0.413. The second-order valence-corrected chi connectivity index (χ2v) is 7.03. The fraction of sp³-hybridized carbons (Fsp3) is 1.00. The van der Waals surface area contributed by atoms with E-state index in [4.69, 9.17) is 5.84 Å². The Balaban J connectivity index is 2.77. The fourth-order valence-corrected chi connectivity index (χ4v) is 3.82. The molecule has 0 aromatic rings. The van der Waals surface area contributed by atoms with Gasteiger partial charge >= 0.3 is 0 Å². The predicted molar refractivity (Wildman–Crippen MR) is 83.9 cm³/mol. The average molecular weight is 269 g/mol. The molecule has 1 fully saturated rings. The van der Waals surface area contributed by atoms with Crippen LogP contribution in [0.25, 0.3) is 0 Å². The zero-order chi connectivity index (χ0) is 14.5. The molecule has 19 heavy (non-hydrogen) atoms. The summed E-state index contributed by atoms with van der Waals surface area (Å²) in [5.74, 6) is 7.56. The lowest BCUT2D eigenvalue weighted by Crippen LogP contribution is -2.62. The summed E-state index contributed by atoms with van der Waals surface area (Å²) in [5.41, 5.74) is 3.41. The number of nitrogens with one attached hydrogen (secondary N) is 1. The first kappa shape index (κ1) is 16.9. The van der Waals surface area contributed by atoms with E-state index in [0.717, 1.165) is 11.8 Å². The van der Waals surface area contributed by atoms with Gasteiger partial charge in [0.1, 0.15) is 0 Å². The van der Waals surface area contributed by atoms with Gasteiger partial charge in [-0.3, -0.25) is 11.3 Å². The number of rotatable bonds is 7. The van der Waals surface area contributed by atoms with Crippen LogP contribution in [0.4, 0.5) is 0 Å². The molecule has 0 heterocycles. The van der Waals surface area contributed by atoms with E-state index in [2.05, 4.69) is 45.2 Å². The summed E-state index contributed by atoms with van der Waals surface area (Å²) in [6.07, 6.45) is 8.97. The summed E-state index contributed by atoms with van der Waals surface area (Å²) in [7, 11) is 4.45. The van der Waals surface area contributed by atoms with E-state index < -0.39 is 0 Å². The molecule has 0 bridgehead atoms. The van der Waals surface area contributed by atoms with Crippen LogP contribution >= 0.6 is 0 Å². The van der Waals surface area contributed by atoms with Gasteiger partial charge in [-0.1, -0.05) is 33.6 Å². The predicted octanol–water partition coefficient (Wildman–Crippen LogP) is 3.16. The van der Waals surface area contributed by atoms with Gasteiger partial charge < -0.3 is 4.90 Å². The van der Waals surface area contributed by atoms with Gasteiger partial charge in [-0.2, -0.15) is 0 Å². The second kappa shape index (κ2) is 7.61. The Hall–Kier alpha value is -0.120. The molecule has 0 amide bonds. The molecule has 2 unspecified atom stereocenters. The second-order valence-electron chi connectivity index (χ2n) is 7.03. The van der Waals surface area contributed by atoms with Crippen LogP contribution < -0.4 is 11.3 Å². The van der Waals surface area contributed by atoms with Crippen molar-refractivity contribution in [2.75, 3.05) is 14.1 Å². The number of hydrogen-bond donors (Lipinski definition) is 2. The van der Waals surface area contributed by atoms with E-state index in [1.54, 1.807) is 0 Å². The molecule has 1 aliphatic carbocycles. The third kappa shape index (κ3) is 4.17. The van der Waals surface area contributed by atoms with E-state index in [9.17, 15) is 0 Å². The highest BCUT2D eigenvalue weighted by molar-refractivity contribution is 5.01. The van der Waals surface area contributed by atoms with Crippen molar-refractivity contribution in [3.05, 3.63) is 0 Å². The molecule has 114 valence electrons. The molecule has 0 saturated heterocycles. The first-order valence-electron chi connectivity index (χ1n) is 8.09. The third-order valence-electron chi connectivity index (χ3n) is 5.30. The first-order valence-corrected chi connectivity index (χ1v) is 8.09. The molecule has 2 atom stereocenters. The van der Waals surface area contributed by atoms with Gasteiger partial charge in [-0.15, -0.1) is 0 Å². The maximum absolute atomic E-state index is 5.93. The molecule has 1 rings (SSSR count). The lowest BCUT2D eigenvalue weighted by atomic mass is 9.70. The highest BCUT2D eigenvalue weighted by Gasteiger charge is 2.42. The van der Waals surface area contributed by atoms with Crippen LogP contribution in [-0.4, -0.2) is 30.6 Å². The zero-order valence-corrected chi connectivity index (χ0v) is 13.7. The summed E-state index contributed by atoms with van der Waals surface area (Å²) in [6.45, 7) is 7.01. The number of likely N-dealkylation sites (N-methyl/N-ethyl adjacent to an activating group) is 1. The van der Waals surface area contributed by atoms with Gasteiger partial charge in [0.05, 0.1) is 0 Å². The fourth-order valence-electron chi connectivity index (χ4n) is 3.82. The van der Waals surface area contributed by atoms with E-state index in [-0.39, 0.29) is 5.54 Å². The quantitative estimate of drug-likeness (QED) is 0.551. The largest absolute Gasteiger partial charge is 0.302 e. The Morgan fingerprint density at radius 3 is 2.32 bits per heavy atom. The molecule has 0 radical (unpaired) electrons. The monoisotopic (exact) mass is 269 g/mol. The highest BCUT2D eigenvalue weighted by Crippen LogP contribution is 2.39. The minimum atomic E-state index is 0.253. The van der Waals surface area contributed by atoms with Gasteiger partial charge in [-0.25, -0.2) is 0 Å². The molecule has 3 heteroatoms. The summed E-state index contributed by atoms with van der Waals surface area (Å²) < 4.78 is 0. The maximum Gasteiger partial charge on any atom is 0.0397 e. The van der Waals surface area contributed by atoms with Crippen LogP contribution in [0.15, 0.2) is 0 Å². The van der Waals surface area contributed by atoms with Crippen LogP contribution in [0, 0.1) is 11.8 Å². The standard InChI is InChI=1S/C16H35N3/c1-6-7-14(3)12-15(18-17)16(19(4)5)10-8-13(2)9-11-16/h13-15,18H,6-12,17H2,1-5H3. The van der Waals surface area contributed by atoms with Crippen LogP contribution in [-0.2, 0) is 0 Å². The van der Waals surface area contributed by atoms with Crippen molar-refractivity contribution >= 4 is 0 Å². The van der Waals surface area contributed by atoms with Crippen molar-refractivity contribution in [2.45, 2.75) is 77.3 Å². The smallest absolute Gasteiger partial charge is 0.0397 e. The van der Waals surface area contributed by atoms with Crippen LogP contribution in [0.5, 0.6) is 0 Å². The molecule has 1 aliphatic rings. The molecular formula is C16H35N3. The molecule has 0 aliphatic heterocycles. The van der Waals surface area contributed by atoms with Gasteiger partial charge in [0.25, 0.3) is 0 Å². The summed E-state index contributed by atoms with van der Waals surface area (Å²) >= 11 is 0. The minimum Gasteiger partial charge on any atom is -0.302 e. The molecular weight excluding hydrogens is 234 g/mol. The number of nitrogens with two attached hydrogens (primary N) is 1. The number of hydrogen-bond acceptors (Lipinski definition) is 3. The van der Waals surface area contributed by atoms with Crippen LogP contribution in [0.1, 0.15) is 65.7 Å². The van der Waals surface area contributed by atoms with Crippen molar-refractivity contribution in [3.8, 4) is 0 Å². The minimum absolute atomic E-state index is 0.253. The third-order valence-corrected chi connectivity index (χ3v) is 5.30. The normalized spacial score (nSPS) is 31.4. The SMILES string of the molecule is CCCC(C)CC(NN)C1(N(C)C)CCC(C)CC1. The number of nitrogens with zero attached hydrogens (tertiary/aromatic N) is 1. The van der Waals surface area contributed by atoms with E-state index in [1.165, 1.54) is 44.9 Å². The van der Waals surface area contributed by atoms with Gasteiger partial charge in [0.2, 0.25) is 0 Å². The maximum atomic E-state index is 5.93. The van der Waals surface area contributed by atoms with E-state index in [1.807, 2.05) is 0 Å². The topological polar surface area (TPSA) is 41.3 Å². The van der Waals surface area contributed by atoms with Crippen molar-refractivity contribution in [1.82, 2.24) is 10.3 Å². The highest BCUT2D eigenvalue weighted by atomic mass is 15.3. The molecule has 0 spiro atoms. The Morgan fingerprint density at radius 2 is 1.89 bits per heavy atom.